The minimum Gasteiger partial charge on any atom is -1.00 e. The number of halogens is 2. The molecule has 0 spiro atoms. The van der Waals surface area contributed by atoms with Gasteiger partial charge in [-0.05, 0) is 10.8 Å². The maximum Gasteiger partial charge on any atom is 4.00 e. The quantitative estimate of drug-likeness (QED) is 0.419. The fourth-order valence-corrected chi connectivity index (χ4v) is 4.65. The largest absolute Gasteiger partial charge is 4.00 e. The molecule has 1 unspecified atom stereocenters. The average Bonchev–Trinajstić information content (AvgIpc) is 3.07. The standard InChI is InChI=1S/C16H22N.C11H15.2ClH.Zr/c1-15(2,3)11-8-7-9-13-14(11)12(10-17-13)16(4,5)6;1-6-5-10-8(3)7(2)9(4)11(6)10;;;/h7-9,17H,1-6H3;6H,5H2,1-4H3;2*1H;/q2*-1;;;+4/p-2. The first-order chi connectivity index (χ1) is 12.8. The van der Waals surface area contributed by atoms with Gasteiger partial charge < -0.3 is 29.8 Å². The van der Waals surface area contributed by atoms with Crippen molar-refractivity contribution in [3.8, 4) is 0 Å². The van der Waals surface area contributed by atoms with Gasteiger partial charge in [-0.15, -0.1) is 34.3 Å². The summed E-state index contributed by atoms with van der Waals surface area (Å²) >= 11 is 0. The Morgan fingerprint density at radius 2 is 1.52 bits per heavy atom. The van der Waals surface area contributed by atoms with E-state index in [-0.39, 0.29) is 61.8 Å². The molecule has 1 N–H and O–H groups in total. The number of aromatic amines is 1. The summed E-state index contributed by atoms with van der Waals surface area (Å²) < 4.78 is 0. The molecule has 1 atom stereocenters. The molecular formula is C27H37Cl2NZr. The number of H-pyrrole nitrogens is 1. The summed E-state index contributed by atoms with van der Waals surface area (Å²) in [5.41, 5.74) is 12.1. The van der Waals surface area contributed by atoms with Gasteiger partial charge in [0, 0.05) is 0 Å². The normalized spacial score (nSPS) is 14.8. The van der Waals surface area contributed by atoms with Gasteiger partial charge in [-0.25, -0.2) is 0 Å². The molecule has 1 aromatic heterocycles. The molecule has 31 heavy (non-hydrogen) atoms. The van der Waals surface area contributed by atoms with Gasteiger partial charge in [0.2, 0.25) is 0 Å². The molecule has 168 valence electrons. The Kier molecular flexibility index (Phi) is 10.5. The van der Waals surface area contributed by atoms with E-state index in [9.17, 15) is 0 Å². The summed E-state index contributed by atoms with van der Waals surface area (Å²) in [5.74, 6) is 0.831. The van der Waals surface area contributed by atoms with E-state index in [2.05, 4.69) is 98.6 Å². The third kappa shape index (κ3) is 5.74. The zero-order chi connectivity index (χ0) is 21.0. The number of rotatable bonds is 0. The molecule has 1 aliphatic rings. The van der Waals surface area contributed by atoms with E-state index < -0.39 is 0 Å². The van der Waals surface area contributed by atoms with Gasteiger partial charge in [0.05, 0.1) is 0 Å². The van der Waals surface area contributed by atoms with Crippen LogP contribution < -0.4 is 24.8 Å². The van der Waals surface area contributed by atoms with E-state index in [0.29, 0.717) is 0 Å². The molecule has 4 heteroatoms. The molecule has 0 bridgehead atoms. The van der Waals surface area contributed by atoms with Crippen LogP contribution in [-0.4, -0.2) is 4.98 Å². The molecular weight excluding hydrogens is 500 g/mol. The minimum atomic E-state index is 0. The Morgan fingerprint density at radius 3 is 1.94 bits per heavy atom. The van der Waals surface area contributed by atoms with Crippen LogP contribution in [0.4, 0.5) is 0 Å². The van der Waals surface area contributed by atoms with Crippen molar-refractivity contribution in [2.24, 2.45) is 0 Å². The van der Waals surface area contributed by atoms with E-state index in [4.69, 9.17) is 0 Å². The number of nitrogens with one attached hydrogen (secondary N) is 1. The van der Waals surface area contributed by atoms with E-state index >= 15 is 0 Å². The second-order valence-corrected chi connectivity index (χ2v) is 10.7. The Morgan fingerprint density at radius 1 is 0.935 bits per heavy atom. The summed E-state index contributed by atoms with van der Waals surface area (Å²) in [6.45, 7) is 22.6. The second-order valence-electron chi connectivity index (χ2n) is 10.7. The van der Waals surface area contributed by atoms with Crippen LogP contribution in [0, 0.1) is 27.0 Å². The Balaban J connectivity index is 0.000000566. The van der Waals surface area contributed by atoms with Crippen molar-refractivity contribution in [2.75, 3.05) is 0 Å². The summed E-state index contributed by atoms with van der Waals surface area (Å²) in [6.07, 6.45) is 4.66. The minimum absolute atomic E-state index is 0. The molecule has 1 heterocycles. The SMILES string of the molecule is CC(C)(C)c1[c-][nH]c2cccc(C(C)(C)C)c12.Cc1c(C)c2[c-](c1C)C(C)C2.[Cl-].[Cl-].[Zr+4]. The van der Waals surface area contributed by atoms with E-state index in [1.807, 2.05) is 0 Å². The zero-order valence-electron chi connectivity index (χ0n) is 20.8. The van der Waals surface area contributed by atoms with Crippen LogP contribution >= 0.6 is 0 Å². The summed E-state index contributed by atoms with van der Waals surface area (Å²) in [4.78, 5) is 3.28. The Bertz CT molecular complexity index is 993. The van der Waals surface area contributed by atoms with Crippen molar-refractivity contribution in [2.45, 2.75) is 92.4 Å². The summed E-state index contributed by atoms with van der Waals surface area (Å²) in [6, 6.07) is 6.50. The van der Waals surface area contributed by atoms with Gasteiger partial charge in [0.1, 0.15) is 0 Å². The molecule has 0 saturated carbocycles. The van der Waals surface area contributed by atoms with Gasteiger partial charge in [0.15, 0.2) is 0 Å². The van der Waals surface area contributed by atoms with Gasteiger partial charge in [-0.2, -0.15) is 22.3 Å². The van der Waals surface area contributed by atoms with Crippen molar-refractivity contribution in [1.29, 1.82) is 0 Å². The maximum atomic E-state index is 3.34. The van der Waals surface area contributed by atoms with Crippen molar-refractivity contribution < 1.29 is 51.0 Å². The average molecular weight is 538 g/mol. The molecule has 0 radical (unpaired) electrons. The molecule has 0 aliphatic heterocycles. The van der Waals surface area contributed by atoms with Crippen LogP contribution in [0.2, 0.25) is 0 Å². The molecule has 0 saturated heterocycles. The topological polar surface area (TPSA) is 15.8 Å². The van der Waals surface area contributed by atoms with Crippen molar-refractivity contribution >= 4 is 10.9 Å². The number of hydrogen-bond acceptors (Lipinski definition) is 0. The van der Waals surface area contributed by atoms with E-state index in [1.54, 1.807) is 22.3 Å². The van der Waals surface area contributed by atoms with Gasteiger partial charge in [0.25, 0.3) is 0 Å². The van der Waals surface area contributed by atoms with Crippen LogP contribution in [0.15, 0.2) is 18.2 Å². The first kappa shape index (κ1) is 30.6. The monoisotopic (exact) mass is 535 g/mol. The van der Waals surface area contributed by atoms with E-state index in [1.165, 1.54) is 34.0 Å². The molecule has 1 nitrogen and oxygen atoms in total. The number of aromatic nitrogens is 1. The number of benzene rings is 1. The summed E-state index contributed by atoms with van der Waals surface area (Å²) in [7, 11) is 0. The Labute approximate surface area is 221 Å². The fourth-order valence-electron chi connectivity index (χ4n) is 4.65. The molecule has 3 aromatic rings. The van der Waals surface area contributed by atoms with Crippen molar-refractivity contribution in [1.82, 2.24) is 4.98 Å². The van der Waals surface area contributed by atoms with Crippen LogP contribution in [0.3, 0.4) is 0 Å². The van der Waals surface area contributed by atoms with Crippen LogP contribution in [-0.2, 0) is 43.5 Å². The van der Waals surface area contributed by atoms with Crippen LogP contribution in [0.5, 0.6) is 0 Å². The first-order valence-electron chi connectivity index (χ1n) is 10.6. The molecule has 4 rings (SSSR count). The maximum absolute atomic E-state index is 3.34. The van der Waals surface area contributed by atoms with Gasteiger partial charge >= 0.3 is 26.2 Å². The van der Waals surface area contributed by atoms with Crippen LogP contribution in [0.25, 0.3) is 10.9 Å². The second kappa shape index (κ2) is 10.7. The zero-order valence-corrected chi connectivity index (χ0v) is 24.7. The third-order valence-corrected chi connectivity index (χ3v) is 6.50. The molecule has 2 aromatic carbocycles. The fraction of sp³-hybridized carbons (Fsp3) is 0.519. The van der Waals surface area contributed by atoms with E-state index in [0.717, 1.165) is 5.92 Å². The molecule has 0 fully saturated rings. The molecule has 1 aliphatic carbocycles. The smallest absolute Gasteiger partial charge is 1.00 e. The Hall–Kier alpha value is -0.427. The predicted octanol–water partition coefficient (Wildman–Crippen LogP) is 1.56. The molecule has 0 amide bonds. The van der Waals surface area contributed by atoms with Crippen molar-refractivity contribution in [3.05, 3.63) is 63.3 Å². The van der Waals surface area contributed by atoms with Gasteiger partial charge in [-0.1, -0.05) is 99.3 Å². The van der Waals surface area contributed by atoms with Gasteiger partial charge in [-0.3, -0.25) is 0 Å². The number of hydrogen-bond donors (Lipinski definition) is 1. The van der Waals surface area contributed by atoms with Crippen molar-refractivity contribution in [3.63, 3.8) is 0 Å². The summed E-state index contributed by atoms with van der Waals surface area (Å²) in [5, 5.41) is 1.35. The number of fused-ring (bicyclic) bond motifs is 2. The predicted molar refractivity (Wildman–Crippen MR) is 123 cm³/mol. The van der Waals surface area contributed by atoms with Crippen LogP contribution in [0.1, 0.15) is 93.3 Å². The third-order valence-electron chi connectivity index (χ3n) is 6.50. The first-order valence-corrected chi connectivity index (χ1v) is 10.6.